The van der Waals surface area contributed by atoms with Gasteiger partial charge in [-0.15, -0.1) is 0 Å². The van der Waals surface area contributed by atoms with E-state index < -0.39 is 6.10 Å². The summed E-state index contributed by atoms with van der Waals surface area (Å²) in [6.07, 6.45) is 88.8. The van der Waals surface area contributed by atoms with Gasteiger partial charge in [0.1, 0.15) is 13.2 Å². The number of esters is 3. The van der Waals surface area contributed by atoms with Crippen molar-refractivity contribution in [3.63, 3.8) is 0 Å². The first kappa shape index (κ1) is 74.3. The molecule has 0 saturated carbocycles. The van der Waals surface area contributed by atoms with Gasteiger partial charge in [-0.05, 0) is 83.5 Å². The van der Waals surface area contributed by atoms with Gasteiger partial charge in [0.15, 0.2) is 6.10 Å². The first-order chi connectivity index (χ1) is 38.5. The average Bonchev–Trinajstić information content (AvgIpc) is 3.44. The molecule has 1 atom stereocenters. The smallest absolute Gasteiger partial charge is 0.306 e. The lowest BCUT2D eigenvalue weighted by atomic mass is 10.0. The monoisotopic (exact) mass is 1080 g/mol. The van der Waals surface area contributed by atoms with E-state index >= 15 is 0 Å². The Bertz CT molecular complexity index is 1530. The van der Waals surface area contributed by atoms with Crippen molar-refractivity contribution in [2.75, 3.05) is 13.2 Å². The van der Waals surface area contributed by atoms with Crippen molar-refractivity contribution in [3.8, 4) is 0 Å². The van der Waals surface area contributed by atoms with E-state index in [9.17, 15) is 14.4 Å². The van der Waals surface area contributed by atoms with E-state index in [1.807, 2.05) is 6.08 Å². The zero-order valence-corrected chi connectivity index (χ0v) is 51.4. The van der Waals surface area contributed by atoms with Gasteiger partial charge in [0.05, 0.1) is 0 Å². The minimum Gasteiger partial charge on any atom is -0.462 e. The summed E-state index contributed by atoms with van der Waals surface area (Å²) in [6.45, 7) is 6.39. The Labute approximate surface area is 483 Å². The van der Waals surface area contributed by atoms with Gasteiger partial charge in [-0.3, -0.25) is 14.4 Å². The molecular weight excluding hydrogens is 961 g/mol. The van der Waals surface area contributed by atoms with Crippen molar-refractivity contribution >= 4 is 17.9 Å². The van der Waals surface area contributed by atoms with Crippen molar-refractivity contribution in [1.29, 1.82) is 0 Å². The van der Waals surface area contributed by atoms with Crippen LogP contribution in [0.25, 0.3) is 0 Å². The topological polar surface area (TPSA) is 78.9 Å². The maximum absolute atomic E-state index is 12.9. The van der Waals surface area contributed by atoms with Gasteiger partial charge < -0.3 is 14.2 Å². The van der Waals surface area contributed by atoms with Crippen LogP contribution in [0.4, 0.5) is 0 Å². The molecule has 0 N–H and O–H groups in total. The van der Waals surface area contributed by atoms with Crippen LogP contribution in [-0.4, -0.2) is 37.2 Å². The predicted octanol–water partition coefficient (Wildman–Crippen LogP) is 22.8. The molecule has 0 aromatic carbocycles. The maximum atomic E-state index is 12.9. The molecule has 0 aliphatic rings. The Hall–Kier alpha value is -3.67. The number of carbonyl (C=O) groups is 3. The fourth-order valence-electron chi connectivity index (χ4n) is 9.45. The summed E-state index contributed by atoms with van der Waals surface area (Å²) in [5, 5.41) is 0. The highest BCUT2D eigenvalue weighted by Gasteiger charge is 2.19. The third-order valence-corrected chi connectivity index (χ3v) is 14.3. The van der Waals surface area contributed by atoms with Crippen LogP contribution in [-0.2, 0) is 28.6 Å². The van der Waals surface area contributed by atoms with E-state index in [1.165, 1.54) is 186 Å². The van der Waals surface area contributed by atoms with Crippen LogP contribution in [0.3, 0.4) is 0 Å². The quantitative estimate of drug-likeness (QED) is 0.0261. The van der Waals surface area contributed by atoms with E-state index in [0.29, 0.717) is 19.3 Å². The third kappa shape index (κ3) is 63.2. The number of ether oxygens (including phenoxy) is 3. The number of hydrogen-bond acceptors (Lipinski definition) is 6. The molecule has 0 fully saturated rings. The summed E-state index contributed by atoms with van der Waals surface area (Å²) in [7, 11) is 0. The molecule has 6 nitrogen and oxygen atoms in total. The zero-order valence-electron chi connectivity index (χ0n) is 51.4. The Kier molecular flexibility index (Phi) is 62.7. The Morgan fingerprint density at radius 3 is 0.859 bits per heavy atom. The summed E-state index contributed by atoms with van der Waals surface area (Å²) in [4.78, 5) is 38.3. The zero-order chi connectivity index (χ0) is 56.4. The molecule has 78 heavy (non-hydrogen) atoms. The molecule has 0 heterocycles. The third-order valence-electron chi connectivity index (χ3n) is 14.3. The Morgan fingerprint density at radius 2 is 0.526 bits per heavy atom. The lowest BCUT2D eigenvalue weighted by molar-refractivity contribution is -0.166. The lowest BCUT2D eigenvalue weighted by Gasteiger charge is -2.18. The highest BCUT2D eigenvalue weighted by molar-refractivity contribution is 5.71. The number of allylic oxidation sites excluding steroid dienone is 16. The molecule has 0 aliphatic heterocycles. The molecule has 448 valence electrons. The van der Waals surface area contributed by atoms with E-state index in [4.69, 9.17) is 14.2 Å². The summed E-state index contributed by atoms with van der Waals surface area (Å²) in [5.41, 5.74) is 0. The minimum atomic E-state index is -0.809. The molecular formula is C72H124O6. The highest BCUT2D eigenvalue weighted by atomic mass is 16.6. The van der Waals surface area contributed by atoms with Gasteiger partial charge >= 0.3 is 17.9 Å². The maximum Gasteiger partial charge on any atom is 0.306 e. The van der Waals surface area contributed by atoms with E-state index in [2.05, 4.69) is 112 Å². The van der Waals surface area contributed by atoms with Crippen LogP contribution in [0.2, 0.25) is 0 Å². The van der Waals surface area contributed by atoms with Crippen molar-refractivity contribution < 1.29 is 28.6 Å². The molecule has 1 unspecified atom stereocenters. The fraction of sp³-hybridized carbons (Fsp3) is 0.736. The molecule has 6 heteroatoms. The number of hydrogen-bond donors (Lipinski definition) is 0. The van der Waals surface area contributed by atoms with Crippen LogP contribution >= 0.6 is 0 Å². The predicted molar refractivity (Wildman–Crippen MR) is 339 cm³/mol. The standard InChI is InChI=1S/C72H124O6/c1-4-7-10-13-16-19-22-25-27-29-31-33-35-37-38-40-42-44-47-50-53-56-59-62-65-71(74)77-68-69(67-76-70(73)64-61-58-55-52-49-46-24-21-18-15-12-9-6-3)78-72(75)66-63-60-57-54-51-48-45-43-41-39-36-34-32-30-28-26-23-20-17-14-11-8-5-2/h8-9,11-12,17-18,20-21,26,28,32,34,46,49,55,58,69H,4-7,10,13-16,19,22-25,27,29-31,33,35-45,47-48,50-54,56-57,59-68H2,1-3H3/b11-8-,12-9-,20-17-,21-18-,28-26-,34-32-,49-46-,58-55-. The summed E-state index contributed by atoms with van der Waals surface area (Å²) < 4.78 is 16.9. The van der Waals surface area contributed by atoms with Gasteiger partial charge in [0.2, 0.25) is 0 Å². The second-order valence-corrected chi connectivity index (χ2v) is 22.0. The van der Waals surface area contributed by atoms with Crippen LogP contribution in [0.1, 0.15) is 323 Å². The van der Waals surface area contributed by atoms with Crippen LogP contribution < -0.4 is 0 Å². The molecule has 0 radical (unpaired) electrons. The van der Waals surface area contributed by atoms with Crippen LogP contribution in [0.5, 0.6) is 0 Å². The minimum absolute atomic E-state index is 0.0987. The van der Waals surface area contributed by atoms with Gasteiger partial charge in [-0.1, -0.05) is 317 Å². The van der Waals surface area contributed by atoms with E-state index in [1.54, 1.807) is 0 Å². The molecule has 0 spiro atoms. The van der Waals surface area contributed by atoms with Gasteiger partial charge in [0, 0.05) is 19.3 Å². The van der Waals surface area contributed by atoms with Gasteiger partial charge in [-0.2, -0.15) is 0 Å². The molecule has 0 aliphatic carbocycles. The largest absolute Gasteiger partial charge is 0.462 e. The second-order valence-electron chi connectivity index (χ2n) is 22.0. The fourth-order valence-corrected chi connectivity index (χ4v) is 9.45. The Morgan fingerprint density at radius 1 is 0.269 bits per heavy atom. The summed E-state index contributed by atoms with van der Waals surface area (Å²) >= 11 is 0. The van der Waals surface area contributed by atoms with Crippen molar-refractivity contribution in [1.82, 2.24) is 0 Å². The average molecular weight is 1090 g/mol. The molecule has 0 aromatic rings. The molecule has 0 saturated heterocycles. The summed E-state index contributed by atoms with van der Waals surface area (Å²) in [6, 6.07) is 0. The van der Waals surface area contributed by atoms with Crippen molar-refractivity contribution in [3.05, 3.63) is 97.2 Å². The SMILES string of the molecule is CC/C=C\C/C=C\C/C=C\C/C=C\CCCCCCCCCCCCC(=O)OC(COC(=O)CC/C=C\C/C=C\C/C=C\C/C=C\CC)COC(=O)CCCCCCCCCCCCCCCCCCCCCCCCCC. The van der Waals surface area contributed by atoms with Crippen molar-refractivity contribution in [2.45, 2.75) is 329 Å². The number of unbranched alkanes of at least 4 members (excludes halogenated alkanes) is 33. The highest BCUT2D eigenvalue weighted by Crippen LogP contribution is 2.17. The summed E-state index contributed by atoms with van der Waals surface area (Å²) in [5.74, 6) is -0.976. The van der Waals surface area contributed by atoms with Crippen LogP contribution in [0.15, 0.2) is 97.2 Å². The molecule has 0 aromatic heterocycles. The lowest BCUT2D eigenvalue weighted by Crippen LogP contribution is -2.30. The number of rotatable bonds is 60. The Balaban J connectivity index is 4.32. The molecule has 0 rings (SSSR count). The molecule has 0 amide bonds. The van der Waals surface area contributed by atoms with Crippen LogP contribution in [0, 0.1) is 0 Å². The van der Waals surface area contributed by atoms with Gasteiger partial charge in [0.25, 0.3) is 0 Å². The normalized spacial score (nSPS) is 12.7. The van der Waals surface area contributed by atoms with E-state index in [-0.39, 0.29) is 37.5 Å². The van der Waals surface area contributed by atoms with Gasteiger partial charge in [-0.25, -0.2) is 0 Å². The van der Waals surface area contributed by atoms with E-state index in [0.717, 1.165) is 89.9 Å². The first-order valence-electron chi connectivity index (χ1n) is 33.2. The second kappa shape index (κ2) is 65.8. The first-order valence-corrected chi connectivity index (χ1v) is 33.2. The molecule has 0 bridgehead atoms. The number of carbonyl (C=O) groups excluding carboxylic acids is 3. The van der Waals surface area contributed by atoms with Crippen molar-refractivity contribution in [2.24, 2.45) is 0 Å².